The van der Waals surface area contributed by atoms with Gasteiger partial charge in [-0.15, -0.1) is 7.92 Å². The normalized spacial score (nSPS) is 6.00. The Labute approximate surface area is 99.3 Å². The van der Waals surface area contributed by atoms with Gasteiger partial charge in [-0.1, -0.05) is 20.8 Å². The van der Waals surface area contributed by atoms with Gasteiger partial charge in [0.25, 0.3) is 0 Å². The fraction of sp³-hybridized carbons (Fsp3) is 0.667. The van der Waals surface area contributed by atoms with Crippen LogP contribution in [0.25, 0.3) is 0 Å². The first-order chi connectivity index (χ1) is 6.35. The zero-order valence-corrected chi connectivity index (χ0v) is 11.4. The number of carbonyl (C=O) groups excluding carboxylic acids is 3. The molecule has 0 aromatic heterocycles. The predicted octanol–water partition coefficient (Wildman–Crippen LogP) is 1.97. The van der Waals surface area contributed by atoms with E-state index >= 15 is 0 Å². The number of rotatable bonds is 3. The molecule has 0 aromatic rings. The van der Waals surface area contributed by atoms with E-state index < -0.39 is 0 Å². The van der Waals surface area contributed by atoms with Gasteiger partial charge in [-0.3, -0.25) is 0 Å². The Morgan fingerprint density at radius 1 is 0.714 bits per heavy atom. The molecule has 0 bridgehead atoms. The van der Waals surface area contributed by atoms with Crippen LogP contribution in [0.1, 0.15) is 20.8 Å². The minimum atomic E-state index is 0. The minimum absolute atomic E-state index is 0. The molecule has 0 amide bonds. The molecule has 1 radical (unpaired) electrons. The van der Waals surface area contributed by atoms with Gasteiger partial charge in [-0.05, 0) is 18.5 Å². The van der Waals surface area contributed by atoms with Gasteiger partial charge < -0.3 is 14.4 Å². The molecular formula is C9H21MnO3P. The van der Waals surface area contributed by atoms with Gasteiger partial charge in [-0.25, -0.2) is 0 Å². The molecule has 0 aliphatic carbocycles. The molecule has 0 rings (SSSR count). The summed E-state index contributed by atoms with van der Waals surface area (Å²) in [5.41, 5.74) is 0. The van der Waals surface area contributed by atoms with Crippen molar-refractivity contribution in [1.82, 2.24) is 0 Å². The SMILES string of the molecule is C=O.C=O.C=O.CCP(CC)CC.[Mn]. The molecule has 0 unspecified atom stereocenters. The molecule has 0 heterocycles. The van der Waals surface area contributed by atoms with E-state index in [4.69, 9.17) is 14.4 Å². The third kappa shape index (κ3) is 40.4. The second-order valence-electron chi connectivity index (χ2n) is 1.62. The molecule has 0 N–H and O–H groups in total. The topological polar surface area (TPSA) is 51.2 Å². The van der Waals surface area contributed by atoms with Crippen LogP contribution in [0.5, 0.6) is 0 Å². The van der Waals surface area contributed by atoms with Crippen LogP contribution < -0.4 is 0 Å². The van der Waals surface area contributed by atoms with Crippen LogP contribution in [0.2, 0.25) is 0 Å². The van der Waals surface area contributed by atoms with E-state index in [9.17, 15) is 0 Å². The molecule has 0 fully saturated rings. The van der Waals surface area contributed by atoms with Gasteiger partial charge in [-0.2, -0.15) is 0 Å². The Morgan fingerprint density at radius 2 is 0.857 bits per heavy atom. The van der Waals surface area contributed by atoms with Crippen molar-refractivity contribution in [3.63, 3.8) is 0 Å². The second kappa shape index (κ2) is 52.2. The maximum atomic E-state index is 8.00. The summed E-state index contributed by atoms with van der Waals surface area (Å²) in [7, 11) is 0.446. The molecule has 0 aliphatic rings. The van der Waals surface area contributed by atoms with Crippen LogP contribution in [0.15, 0.2) is 0 Å². The molecule has 0 spiro atoms. The fourth-order valence-electron chi connectivity index (χ4n) is 0.671. The Bertz CT molecular complexity index is 62.8. The summed E-state index contributed by atoms with van der Waals surface area (Å²) in [5.74, 6) is 0. The average molecular weight is 263 g/mol. The molecule has 0 aromatic carbocycles. The van der Waals surface area contributed by atoms with Crippen molar-refractivity contribution in [2.24, 2.45) is 0 Å². The number of hydrogen-bond donors (Lipinski definition) is 0. The summed E-state index contributed by atoms with van der Waals surface area (Å²) >= 11 is 0. The van der Waals surface area contributed by atoms with E-state index in [1.165, 1.54) is 18.5 Å². The summed E-state index contributed by atoms with van der Waals surface area (Å²) in [6.45, 7) is 12.9. The molecule has 14 heavy (non-hydrogen) atoms. The van der Waals surface area contributed by atoms with Gasteiger partial charge >= 0.3 is 0 Å². The third-order valence-corrected chi connectivity index (χ3v) is 4.02. The van der Waals surface area contributed by atoms with Gasteiger partial charge in [0.1, 0.15) is 20.4 Å². The van der Waals surface area contributed by atoms with Crippen molar-refractivity contribution in [2.75, 3.05) is 18.5 Å². The van der Waals surface area contributed by atoms with E-state index in [1.807, 2.05) is 20.4 Å². The van der Waals surface area contributed by atoms with Gasteiger partial charge in [0.15, 0.2) is 0 Å². The van der Waals surface area contributed by atoms with Crippen molar-refractivity contribution < 1.29 is 31.5 Å². The van der Waals surface area contributed by atoms with Crippen LogP contribution >= 0.6 is 7.92 Å². The monoisotopic (exact) mass is 263 g/mol. The standard InChI is InChI=1S/C6H15P.3CH2O.Mn/c1-4-7(5-2)6-3;3*1-2;/h4-6H2,1-3H3;3*1H2;. The Hall–Kier alpha value is -0.0405. The average Bonchev–Trinajstić information content (AvgIpc) is 2.29. The maximum Gasteiger partial charge on any atom is 0.106 e. The molecule has 0 saturated carbocycles. The molecule has 0 atom stereocenters. The first-order valence-electron chi connectivity index (χ1n) is 3.94. The third-order valence-electron chi connectivity index (χ3n) is 1.34. The Morgan fingerprint density at radius 3 is 0.857 bits per heavy atom. The van der Waals surface area contributed by atoms with E-state index in [0.717, 1.165) is 0 Å². The Kier molecular flexibility index (Phi) is 109. The van der Waals surface area contributed by atoms with Crippen LogP contribution in [0, 0.1) is 0 Å². The van der Waals surface area contributed by atoms with E-state index in [1.54, 1.807) is 0 Å². The summed E-state index contributed by atoms with van der Waals surface area (Å²) in [6.07, 6.45) is 4.26. The summed E-state index contributed by atoms with van der Waals surface area (Å²) in [4.78, 5) is 24.0. The van der Waals surface area contributed by atoms with Crippen LogP contribution in [-0.2, 0) is 31.5 Å². The van der Waals surface area contributed by atoms with Crippen molar-refractivity contribution >= 4 is 28.3 Å². The van der Waals surface area contributed by atoms with Crippen LogP contribution in [0.4, 0.5) is 0 Å². The van der Waals surface area contributed by atoms with Gasteiger partial charge in [0.2, 0.25) is 0 Å². The predicted molar refractivity (Wildman–Crippen MR) is 59.9 cm³/mol. The summed E-state index contributed by atoms with van der Waals surface area (Å²) in [5, 5.41) is 0. The summed E-state index contributed by atoms with van der Waals surface area (Å²) < 4.78 is 0. The van der Waals surface area contributed by atoms with Gasteiger partial charge in [0.05, 0.1) is 0 Å². The van der Waals surface area contributed by atoms with Crippen molar-refractivity contribution in [3.05, 3.63) is 0 Å². The quantitative estimate of drug-likeness (QED) is 0.577. The zero-order valence-electron chi connectivity index (χ0n) is 9.29. The smallest absolute Gasteiger partial charge is 0.106 e. The second-order valence-corrected chi connectivity index (χ2v) is 4.86. The number of carbonyl (C=O) groups is 3. The molecule has 0 aliphatic heterocycles. The fourth-order valence-corrected chi connectivity index (χ4v) is 2.01. The van der Waals surface area contributed by atoms with E-state index in [0.29, 0.717) is 7.92 Å². The largest absolute Gasteiger partial charge is 0.307 e. The Balaban J connectivity index is -0.0000000332. The van der Waals surface area contributed by atoms with Crippen LogP contribution in [0.3, 0.4) is 0 Å². The maximum absolute atomic E-state index is 8.00. The molecule has 87 valence electrons. The number of hydrogen-bond acceptors (Lipinski definition) is 3. The van der Waals surface area contributed by atoms with Crippen molar-refractivity contribution in [2.45, 2.75) is 20.8 Å². The first kappa shape index (κ1) is 29.2. The first-order valence-corrected chi connectivity index (χ1v) is 5.83. The molecule has 3 nitrogen and oxygen atoms in total. The molecule has 0 saturated heterocycles. The van der Waals surface area contributed by atoms with Crippen LogP contribution in [-0.4, -0.2) is 38.9 Å². The minimum Gasteiger partial charge on any atom is -0.307 e. The zero-order chi connectivity index (χ0) is 11.7. The van der Waals surface area contributed by atoms with E-state index in [-0.39, 0.29) is 17.1 Å². The summed E-state index contributed by atoms with van der Waals surface area (Å²) in [6, 6.07) is 0. The molecule has 5 heteroatoms. The van der Waals surface area contributed by atoms with Crippen molar-refractivity contribution in [3.8, 4) is 0 Å². The van der Waals surface area contributed by atoms with E-state index in [2.05, 4.69) is 20.8 Å². The van der Waals surface area contributed by atoms with Gasteiger partial charge in [0, 0.05) is 17.1 Å². The molecular weight excluding hydrogens is 242 g/mol. The van der Waals surface area contributed by atoms with Crippen molar-refractivity contribution in [1.29, 1.82) is 0 Å².